The van der Waals surface area contributed by atoms with Crippen molar-refractivity contribution in [2.75, 3.05) is 0 Å². The Hall–Kier alpha value is -3.49. The van der Waals surface area contributed by atoms with Gasteiger partial charge in [0.25, 0.3) is 5.56 Å². The second-order valence-corrected chi connectivity index (χ2v) is 6.11. The standard InChI is InChI=1S/C18H18N4O5/c1-11(15(24)12-7-5-4-6-8-12)27-13(23)9-22-10-19-16-14(22)17(25)21(3)18(26)20(16)2/h4-8,10-11H,9H2,1-3H3/t11-/m1/s1. The highest BCUT2D eigenvalue weighted by Gasteiger charge is 2.21. The number of hydrogen-bond acceptors (Lipinski definition) is 6. The molecule has 0 radical (unpaired) electrons. The van der Waals surface area contributed by atoms with Crippen molar-refractivity contribution in [1.82, 2.24) is 18.7 Å². The summed E-state index contributed by atoms with van der Waals surface area (Å²) in [5.74, 6) is -1.01. The highest BCUT2D eigenvalue weighted by atomic mass is 16.5. The predicted octanol–water partition coefficient (Wildman–Crippen LogP) is 0.248. The molecule has 0 saturated carbocycles. The van der Waals surface area contributed by atoms with Gasteiger partial charge in [-0.25, -0.2) is 9.78 Å². The first-order chi connectivity index (χ1) is 12.8. The van der Waals surface area contributed by atoms with E-state index >= 15 is 0 Å². The first kappa shape index (κ1) is 18.3. The molecule has 0 aliphatic carbocycles. The van der Waals surface area contributed by atoms with Crippen LogP contribution in [0.1, 0.15) is 17.3 Å². The molecule has 0 aliphatic heterocycles. The lowest BCUT2D eigenvalue weighted by atomic mass is 10.1. The third-order valence-electron chi connectivity index (χ3n) is 4.25. The number of aromatic nitrogens is 4. The van der Waals surface area contributed by atoms with Crippen molar-refractivity contribution in [3.8, 4) is 0 Å². The van der Waals surface area contributed by atoms with Crippen LogP contribution in [0.5, 0.6) is 0 Å². The zero-order chi connectivity index (χ0) is 19.7. The first-order valence-electron chi connectivity index (χ1n) is 8.21. The van der Waals surface area contributed by atoms with Crippen LogP contribution in [-0.2, 0) is 30.2 Å². The number of ketones is 1. The Labute approximate surface area is 153 Å². The average Bonchev–Trinajstić information content (AvgIpc) is 3.08. The fraction of sp³-hybridized carbons (Fsp3) is 0.278. The minimum atomic E-state index is -0.970. The van der Waals surface area contributed by atoms with Crippen molar-refractivity contribution in [3.05, 3.63) is 63.1 Å². The molecule has 1 atom stereocenters. The van der Waals surface area contributed by atoms with Gasteiger partial charge in [0.05, 0.1) is 6.33 Å². The van der Waals surface area contributed by atoms with E-state index in [2.05, 4.69) is 4.98 Å². The summed E-state index contributed by atoms with van der Waals surface area (Å²) in [6, 6.07) is 8.50. The molecule has 0 fully saturated rings. The minimum Gasteiger partial charge on any atom is -0.453 e. The summed E-state index contributed by atoms with van der Waals surface area (Å²) in [5, 5.41) is 0. The number of carbonyl (C=O) groups is 2. The Kier molecular flexibility index (Phi) is 4.76. The topological polar surface area (TPSA) is 105 Å². The van der Waals surface area contributed by atoms with E-state index in [0.717, 1.165) is 4.57 Å². The van der Waals surface area contributed by atoms with Crippen LogP contribution in [0.4, 0.5) is 0 Å². The Morgan fingerprint density at radius 3 is 2.44 bits per heavy atom. The molecule has 0 unspecified atom stereocenters. The molecular weight excluding hydrogens is 352 g/mol. The highest BCUT2D eigenvalue weighted by Crippen LogP contribution is 2.09. The van der Waals surface area contributed by atoms with Crippen LogP contribution >= 0.6 is 0 Å². The van der Waals surface area contributed by atoms with Crippen molar-refractivity contribution < 1.29 is 14.3 Å². The van der Waals surface area contributed by atoms with Crippen LogP contribution in [0.25, 0.3) is 11.2 Å². The van der Waals surface area contributed by atoms with Gasteiger partial charge in [0, 0.05) is 19.7 Å². The largest absolute Gasteiger partial charge is 0.453 e. The number of fused-ring (bicyclic) bond motifs is 1. The van der Waals surface area contributed by atoms with Gasteiger partial charge in [-0.05, 0) is 6.92 Å². The van der Waals surface area contributed by atoms with E-state index in [1.165, 1.54) is 36.5 Å². The SMILES string of the molecule is C[C@@H](OC(=O)Cn1cnc2c1c(=O)n(C)c(=O)n2C)C(=O)c1ccccc1. The van der Waals surface area contributed by atoms with Gasteiger partial charge in [-0.15, -0.1) is 0 Å². The van der Waals surface area contributed by atoms with Crippen LogP contribution in [0, 0.1) is 0 Å². The summed E-state index contributed by atoms with van der Waals surface area (Å²) in [5.41, 5.74) is -0.355. The van der Waals surface area contributed by atoms with Crippen LogP contribution in [0.3, 0.4) is 0 Å². The maximum absolute atomic E-state index is 12.4. The molecule has 3 aromatic rings. The van der Waals surface area contributed by atoms with Gasteiger partial charge in [0.1, 0.15) is 6.54 Å². The zero-order valence-electron chi connectivity index (χ0n) is 15.1. The molecule has 3 rings (SSSR count). The molecule has 2 aromatic heterocycles. The molecule has 0 bridgehead atoms. The number of ether oxygens (including phenoxy) is 1. The molecule has 0 aliphatic rings. The summed E-state index contributed by atoms with van der Waals surface area (Å²) in [6.45, 7) is 1.18. The third kappa shape index (κ3) is 3.31. The van der Waals surface area contributed by atoms with E-state index in [4.69, 9.17) is 4.74 Å². The summed E-state index contributed by atoms with van der Waals surface area (Å²) >= 11 is 0. The van der Waals surface area contributed by atoms with E-state index in [1.54, 1.807) is 30.3 Å². The van der Waals surface area contributed by atoms with Gasteiger partial charge in [0.15, 0.2) is 17.3 Å². The number of imidazole rings is 1. The fourth-order valence-electron chi connectivity index (χ4n) is 2.78. The van der Waals surface area contributed by atoms with Gasteiger partial charge in [-0.3, -0.25) is 23.5 Å². The van der Waals surface area contributed by atoms with Crippen LogP contribution < -0.4 is 11.2 Å². The number of hydrogen-bond donors (Lipinski definition) is 0. The average molecular weight is 370 g/mol. The molecule has 2 heterocycles. The molecule has 9 nitrogen and oxygen atoms in total. The number of nitrogens with zero attached hydrogens (tertiary/aromatic N) is 4. The van der Waals surface area contributed by atoms with Crippen LogP contribution in [0.15, 0.2) is 46.2 Å². The molecular formula is C18H18N4O5. The number of aryl methyl sites for hydroxylation is 1. The number of rotatable bonds is 5. The fourth-order valence-corrected chi connectivity index (χ4v) is 2.78. The van der Waals surface area contributed by atoms with E-state index < -0.39 is 23.3 Å². The van der Waals surface area contributed by atoms with Gasteiger partial charge in [-0.2, -0.15) is 0 Å². The summed E-state index contributed by atoms with van der Waals surface area (Å²) in [4.78, 5) is 52.9. The second kappa shape index (κ2) is 7.02. The minimum absolute atomic E-state index is 0.110. The summed E-state index contributed by atoms with van der Waals surface area (Å²) in [7, 11) is 2.83. The zero-order valence-corrected chi connectivity index (χ0v) is 15.1. The van der Waals surface area contributed by atoms with Gasteiger partial charge in [-0.1, -0.05) is 30.3 Å². The lowest BCUT2D eigenvalue weighted by Gasteiger charge is -2.13. The van der Waals surface area contributed by atoms with Crippen molar-refractivity contribution in [1.29, 1.82) is 0 Å². The Morgan fingerprint density at radius 2 is 1.78 bits per heavy atom. The number of benzene rings is 1. The number of carbonyl (C=O) groups excluding carboxylic acids is 2. The Balaban J connectivity index is 1.82. The van der Waals surface area contributed by atoms with Gasteiger partial charge >= 0.3 is 11.7 Å². The lowest BCUT2D eigenvalue weighted by Crippen LogP contribution is -2.37. The molecule has 0 saturated heterocycles. The molecule has 1 aromatic carbocycles. The van der Waals surface area contributed by atoms with E-state index in [1.807, 2.05) is 0 Å². The smallest absolute Gasteiger partial charge is 0.332 e. The maximum atomic E-state index is 12.4. The highest BCUT2D eigenvalue weighted by molar-refractivity contribution is 6.00. The first-order valence-corrected chi connectivity index (χ1v) is 8.21. The number of esters is 1. The molecule has 9 heteroatoms. The van der Waals surface area contributed by atoms with Crippen molar-refractivity contribution in [2.24, 2.45) is 14.1 Å². The van der Waals surface area contributed by atoms with Crippen molar-refractivity contribution >= 4 is 22.9 Å². The van der Waals surface area contributed by atoms with Crippen LogP contribution in [-0.4, -0.2) is 36.5 Å². The van der Waals surface area contributed by atoms with Crippen molar-refractivity contribution in [3.63, 3.8) is 0 Å². The normalized spacial score (nSPS) is 12.1. The van der Waals surface area contributed by atoms with E-state index in [9.17, 15) is 19.2 Å². The third-order valence-corrected chi connectivity index (χ3v) is 4.25. The predicted molar refractivity (Wildman–Crippen MR) is 96.5 cm³/mol. The molecule has 0 spiro atoms. The van der Waals surface area contributed by atoms with Gasteiger partial charge in [0.2, 0.25) is 5.78 Å². The summed E-state index contributed by atoms with van der Waals surface area (Å²) < 4.78 is 8.66. The Bertz CT molecular complexity index is 1140. The summed E-state index contributed by atoms with van der Waals surface area (Å²) in [6.07, 6.45) is 0.318. The molecule has 0 amide bonds. The molecule has 140 valence electrons. The van der Waals surface area contributed by atoms with E-state index in [-0.39, 0.29) is 23.5 Å². The quantitative estimate of drug-likeness (QED) is 0.471. The second-order valence-electron chi connectivity index (χ2n) is 6.11. The van der Waals surface area contributed by atoms with Crippen LogP contribution in [0.2, 0.25) is 0 Å². The monoisotopic (exact) mass is 370 g/mol. The molecule has 0 N–H and O–H groups in total. The Morgan fingerprint density at radius 1 is 1.11 bits per heavy atom. The van der Waals surface area contributed by atoms with E-state index in [0.29, 0.717) is 5.56 Å². The van der Waals surface area contributed by atoms with Gasteiger partial charge < -0.3 is 9.30 Å². The lowest BCUT2D eigenvalue weighted by molar-refractivity contribution is -0.146. The van der Waals surface area contributed by atoms with Crippen molar-refractivity contribution in [2.45, 2.75) is 19.6 Å². The molecule has 27 heavy (non-hydrogen) atoms. The maximum Gasteiger partial charge on any atom is 0.332 e. The number of Topliss-reactive ketones (excluding diaryl/α,β-unsaturated/α-hetero) is 1.